The Labute approximate surface area is 169 Å². The molecule has 30 heavy (non-hydrogen) atoms. The summed E-state index contributed by atoms with van der Waals surface area (Å²) >= 11 is 0. The Morgan fingerprint density at radius 1 is 1.07 bits per heavy atom. The topological polar surface area (TPSA) is 61.9 Å². The van der Waals surface area contributed by atoms with Crippen LogP contribution in [0.15, 0.2) is 54.6 Å². The highest BCUT2D eigenvalue weighted by atomic mass is 19.4. The maximum Gasteiger partial charge on any atom is 0.573 e. The monoisotopic (exact) mass is 414 g/mol. The number of hydrogen-bond acceptors (Lipinski definition) is 4. The Balaban J connectivity index is 1.61. The summed E-state index contributed by atoms with van der Waals surface area (Å²) in [5, 5.41) is 8.11. The van der Waals surface area contributed by atoms with Crippen molar-refractivity contribution >= 4 is 16.8 Å². The first-order chi connectivity index (χ1) is 14.2. The third-order valence-corrected chi connectivity index (χ3v) is 4.77. The van der Waals surface area contributed by atoms with Crippen molar-refractivity contribution in [2.45, 2.75) is 26.8 Å². The fourth-order valence-electron chi connectivity index (χ4n) is 3.49. The van der Waals surface area contributed by atoms with Gasteiger partial charge in [-0.05, 0) is 56.3 Å². The van der Waals surface area contributed by atoms with Crippen LogP contribution in [-0.4, -0.2) is 31.7 Å². The molecule has 0 aliphatic carbocycles. The number of halogens is 3. The molecule has 2 aromatic carbocycles. The van der Waals surface area contributed by atoms with Gasteiger partial charge < -0.3 is 9.30 Å². The molecular weight excluding hydrogens is 397 g/mol. The molecule has 0 aliphatic rings. The number of rotatable bonds is 5. The zero-order valence-electron chi connectivity index (χ0n) is 16.1. The summed E-state index contributed by atoms with van der Waals surface area (Å²) in [7, 11) is 0. The number of carbonyl (C=O) groups is 1. The van der Waals surface area contributed by atoms with Gasteiger partial charge in [-0.1, -0.05) is 17.3 Å². The second kappa shape index (κ2) is 7.33. The van der Waals surface area contributed by atoms with Crippen LogP contribution in [0.2, 0.25) is 0 Å². The van der Waals surface area contributed by atoms with Crippen molar-refractivity contribution in [1.82, 2.24) is 19.6 Å². The summed E-state index contributed by atoms with van der Waals surface area (Å²) in [4.78, 5) is 12.9. The van der Waals surface area contributed by atoms with Gasteiger partial charge in [0.2, 0.25) is 0 Å². The van der Waals surface area contributed by atoms with Crippen LogP contribution in [0.3, 0.4) is 0 Å². The molecule has 2 heterocycles. The van der Waals surface area contributed by atoms with Crippen molar-refractivity contribution in [3.63, 3.8) is 0 Å². The molecular formula is C21H17F3N4O2. The van der Waals surface area contributed by atoms with E-state index in [-0.39, 0.29) is 18.1 Å². The van der Waals surface area contributed by atoms with Gasteiger partial charge in [-0.25, -0.2) is 4.68 Å². The summed E-state index contributed by atoms with van der Waals surface area (Å²) in [6.45, 7) is 3.65. The zero-order chi connectivity index (χ0) is 21.5. The van der Waals surface area contributed by atoms with E-state index in [1.165, 1.54) is 24.3 Å². The first-order valence-corrected chi connectivity index (χ1v) is 9.09. The van der Waals surface area contributed by atoms with E-state index >= 15 is 0 Å². The number of ketones is 1. The number of fused-ring (bicyclic) bond motifs is 1. The van der Waals surface area contributed by atoms with Crippen LogP contribution in [0.25, 0.3) is 16.7 Å². The molecule has 0 saturated heterocycles. The number of aryl methyl sites for hydroxylation is 1. The maximum atomic E-state index is 12.9. The number of benzene rings is 2. The van der Waals surface area contributed by atoms with Crippen molar-refractivity contribution in [3.8, 4) is 11.4 Å². The summed E-state index contributed by atoms with van der Waals surface area (Å²) in [5.74, 6) is -0.440. The van der Waals surface area contributed by atoms with Crippen LogP contribution in [-0.2, 0) is 6.54 Å². The normalized spacial score (nSPS) is 11.8. The highest BCUT2D eigenvalue weighted by Gasteiger charge is 2.31. The fourth-order valence-corrected chi connectivity index (χ4v) is 3.49. The molecule has 0 atom stereocenters. The molecule has 4 aromatic rings. The molecule has 0 bridgehead atoms. The van der Waals surface area contributed by atoms with Crippen LogP contribution >= 0.6 is 0 Å². The third-order valence-electron chi connectivity index (χ3n) is 4.77. The number of alkyl halides is 3. The van der Waals surface area contributed by atoms with Gasteiger partial charge in [0, 0.05) is 22.6 Å². The van der Waals surface area contributed by atoms with Crippen LogP contribution < -0.4 is 4.74 Å². The largest absolute Gasteiger partial charge is 0.573 e. The number of hydrogen-bond donors (Lipinski definition) is 0. The lowest BCUT2D eigenvalue weighted by molar-refractivity contribution is -0.274. The van der Waals surface area contributed by atoms with E-state index in [1.54, 1.807) is 17.7 Å². The van der Waals surface area contributed by atoms with E-state index < -0.39 is 6.36 Å². The number of nitrogens with zero attached hydrogens (tertiary/aromatic N) is 4. The van der Waals surface area contributed by atoms with Crippen LogP contribution in [0.5, 0.6) is 5.75 Å². The predicted octanol–water partition coefficient (Wildman–Crippen LogP) is 4.62. The number of para-hydroxylation sites is 1. The molecule has 6 nitrogen and oxygen atoms in total. The van der Waals surface area contributed by atoms with Gasteiger partial charge in [0.25, 0.3) is 0 Å². The maximum absolute atomic E-state index is 12.9. The van der Waals surface area contributed by atoms with E-state index in [0.717, 1.165) is 11.2 Å². The minimum Gasteiger partial charge on any atom is -0.406 e. The van der Waals surface area contributed by atoms with Crippen molar-refractivity contribution in [2.75, 3.05) is 0 Å². The molecule has 0 N–H and O–H groups in total. The molecule has 9 heteroatoms. The van der Waals surface area contributed by atoms with Crippen molar-refractivity contribution < 1.29 is 22.7 Å². The third kappa shape index (κ3) is 3.78. The van der Waals surface area contributed by atoms with Gasteiger partial charge in [-0.3, -0.25) is 4.79 Å². The average molecular weight is 414 g/mol. The van der Waals surface area contributed by atoms with Crippen LogP contribution in [0.1, 0.15) is 21.7 Å². The van der Waals surface area contributed by atoms with Crippen LogP contribution in [0, 0.1) is 13.8 Å². The number of aromatic nitrogens is 4. The highest BCUT2D eigenvalue weighted by molar-refractivity contribution is 5.98. The minimum absolute atomic E-state index is 0.0309. The second-order valence-electron chi connectivity index (χ2n) is 6.82. The summed E-state index contributed by atoms with van der Waals surface area (Å²) in [6.07, 6.45) is -4.74. The molecule has 0 fully saturated rings. The van der Waals surface area contributed by atoms with E-state index in [4.69, 9.17) is 0 Å². The predicted molar refractivity (Wildman–Crippen MR) is 104 cm³/mol. The molecule has 154 valence electrons. The van der Waals surface area contributed by atoms with Crippen molar-refractivity contribution in [1.29, 1.82) is 0 Å². The Morgan fingerprint density at radius 2 is 1.77 bits per heavy atom. The molecule has 4 rings (SSSR count). The average Bonchev–Trinajstić information content (AvgIpc) is 3.22. The lowest BCUT2D eigenvalue weighted by atomic mass is 10.1. The fraction of sp³-hybridized carbons (Fsp3) is 0.190. The lowest BCUT2D eigenvalue weighted by Gasteiger charge is -2.12. The van der Waals surface area contributed by atoms with Crippen molar-refractivity contribution in [2.24, 2.45) is 0 Å². The molecule has 0 spiro atoms. The quantitative estimate of drug-likeness (QED) is 0.447. The molecule has 0 radical (unpaired) electrons. The van der Waals surface area contributed by atoms with Gasteiger partial charge in [0.05, 0.1) is 5.52 Å². The summed E-state index contributed by atoms with van der Waals surface area (Å²) < 4.78 is 44.4. The standard InChI is InChI=1S/C21H17F3N4O2/c1-13-11-17(20(29)12-27-19-6-4-3-5-18(19)25-26-27)14(2)28(13)15-7-9-16(10-8-15)30-21(22,23)24/h3-11H,12H2,1-2H3. The molecule has 0 aliphatic heterocycles. The smallest absolute Gasteiger partial charge is 0.406 e. The van der Waals surface area contributed by atoms with Gasteiger partial charge in [0.15, 0.2) is 5.78 Å². The minimum atomic E-state index is -4.74. The number of ether oxygens (including phenoxy) is 1. The van der Waals surface area contributed by atoms with Gasteiger partial charge >= 0.3 is 6.36 Å². The molecule has 0 unspecified atom stereocenters. The number of carbonyl (C=O) groups excluding carboxylic acids is 1. The molecule has 0 saturated carbocycles. The Hall–Kier alpha value is -3.62. The SMILES string of the molecule is Cc1cc(C(=O)Cn2nnc3ccccc32)c(C)n1-c1ccc(OC(F)(F)F)cc1. The Kier molecular flexibility index (Phi) is 4.81. The molecule has 2 aromatic heterocycles. The first-order valence-electron chi connectivity index (χ1n) is 9.09. The van der Waals surface area contributed by atoms with E-state index in [1.807, 2.05) is 35.8 Å². The summed E-state index contributed by atoms with van der Waals surface area (Å²) in [6, 6.07) is 14.6. The van der Waals surface area contributed by atoms with Gasteiger partial charge in [-0.2, -0.15) is 0 Å². The number of Topliss-reactive ketones (excluding diaryl/α,β-unsaturated/α-hetero) is 1. The van der Waals surface area contributed by atoms with Crippen molar-refractivity contribution in [3.05, 3.63) is 71.5 Å². The second-order valence-corrected chi connectivity index (χ2v) is 6.82. The molecule has 0 amide bonds. The zero-order valence-corrected chi connectivity index (χ0v) is 16.1. The highest BCUT2D eigenvalue weighted by Crippen LogP contribution is 2.26. The van der Waals surface area contributed by atoms with E-state index in [9.17, 15) is 18.0 Å². The first kappa shape index (κ1) is 19.7. The van der Waals surface area contributed by atoms with Gasteiger partial charge in [-0.15, -0.1) is 18.3 Å². The Morgan fingerprint density at radius 3 is 2.47 bits per heavy atom. The van der Waals surface area contributed by atoms with Crippen LogP contribution in [0.4, 0.5) is 13.2 Å². The van der Waals surface area contributed by atoms with E-state index in [2.05, 4.69) is 15.0 Å². The Bertz CT molecular complexity index is 1220. The van der Waals surface area contributed by atoms with E-state index in [0.29, 0.717) is 22.5 Å². The lowest BCUT2D eigenvalue weighted by Crippen LogP contribution is -2.17. The van der Waals surface area contributed by atoms with Gasteiger partial charge in [0.1, 0.15) is 17.8 Å². The summed E-state index contributed by atoms with van der Waals surface area (Å²) in [5.41, 5.74) is 4.08.